The first-order chi connectivity index (χ1) is 10.1. The topological polar surface area (TPSA) is 73.6 Å². The van der Waals surface area contributed by atoms with E-state index in [2.05, 4.69) is 20.6 Å². The average Bonchev–Trinajstić information content (AvgIpc) is 2.50. The van der Waals surface area contributed by atoms with Crippen LogP contribution in [0.3, 0.4) is 0 Å². The minimum atomic E-state index is 0.0204. The summed E-state index contributed by atoms with van der Waals surface area (Å²) in [5.74, 6) is 1.11. The van der Waals surface area contributed by atoms with Crippen molar-refractivity contribution in [2.24, 2.45) is 0 Å². The SMILES string of the molecule is N#Cc1c(Cl)nc(NCCNc2ccccn2)c(Cl)c1Cl. The third kappa shape index (κ3) is 3.88. The predicted octanol–water partition coefficient (Wildman–Crippen LogP) is 3.83. The highest BCUT2D eigenvalue weighted by molar-refractivity contribution is 6.45. The molecule has 0 bridgehead atoms. The fourth-order valence-corrected chi connectivity index (χ4v) is 2.25. The molecule has 0 atom stereocenters. The molecule has 0 radical (unpaired) electrons. The number of nitrogens with zero attached hydrogens (tertiary/aromatic N) is 3. The molecule has 0 aliphatic rings. The van der Waals surface area contributed by atoms with Crippen molar-refractivity contribution in [1.29, 1.82) is 5.26 Å². The lowest BCUT2D eigenvalue weighted by molar-refractivity contribution is 1.04. The highest BCUT2D eigenvalue weighted by Crippen LogP contribution is 2.34. The zero-order valence-corrected chi connectivity index (χ0v) is 13.0. The van der Waals surface area contributed by atoms with Crippen LogP contribution in [-0.2, 0) is 0 Å². The Bertz CT molecular complexity index is 670. The van der Waals surface area contributed by atoms with Gasteiger partial charge in [0, 0.05) is 19.3 Å². The van der Waals surface area contributed by atoms with Crippen molar-refractivity contribution in [2.75, 3.05) is 23.7 Å². The maximum Gasteiger partial charge on any atom is 0.150 e. The number of nitriles is 1. The number of aromatic nitrogens is 2. The number of halogens is 3. The van der Waals surface area contributed by atoms with E-state index >= 15 is 0 Å². The third-order valence-electron chi connectivity index (χ3n) is 2.54. The van der Waals surface area contributed by atoms with E-state index in [9.17, 15) is 0 Å². The number of nitrogens with one attached hydrogen (secondary N) is 2. The summed E-state index contributed by atoms with van der Waals surface area (Å²) in [5.41, 5.74) is 0.0699. The molecule has 0 unspecified atom stereocenters. The molecule has 0 fully saturated rings. The normalized spacial score (nSPS) is 10.0. The number of hydrogen-bond acceptors (Lipinski definition) is 5. The van der Waals surface area contributed by atoms with Crippen LogP contribution in [0.4, 0.5) is 11.6 Å². The number of hydrogen-bond donors (Lipinski definition) is 2. The highest BCUT2D eigenvalue weighted by Gasteiger charge is 2.15. The van der Waals surface area contributed by atoms with Crippen LogP contribution in [0.1, 0.15) is 5.56 Å². The molecule has 0 amide bonds. The lowest BCUT2D eigenvalue weighted by atomic mass is 10.3. The number of pyridine rings is 2. The van der Waals surface area contributed by atoms with E-state index in [0.29, 0.717) is 18.9 Å². The van der Waals surface area contributed by atoms with Gasteiger partial charge in [0.25, 0.3) is 0 Å². The van der Waals surface area contributed by atoms with E-state index in [1.807, 2.05) is 24.3 Å². The van der Waals surface area contributed by atoms with Crippen molar-refractivity contribution in [3.05, 3.63) is 45.2 Å². The van der Waals surface area contributed by atoms with Gasteiger partial charge < -0.3 is 10.6 Å². The molecule has 2 heterocycles. The van der Waals surface area contributed by atoms with E-state index < -0.39 is 0 Å². The van der Waals surface area contributed by atoms with Gasteiger partial charge in [0.2, 0.25) is 0 Å². The molecule has 0 aliphatic heterocycles. The van der Waals surface area contributed by atoms with Gasteiger partial charge in [-0.25, -0.2) is 9.97 Å². The molecular formula is C13H10Cl3N5. The lowest BCUT2D eigenvalue weighted by Crippen LogP contribution is -2.15. The van der Waals surface area contributed by atoms with Crippen LogP contribution >= 0.6 is 34.8 Å². The Hall–Kier alpha value is -1.74. The largest absolute Gasteiger partial charge is 0.368 e. The number of rotatable bonds is 5. The van der Waals surface area contributed by atoms with E-state index in [-0.39, 0.29) is 20.8 Å². The summed E-state index contributed by atoms with van der Waals surface area (Å²) in [4.78, 5) is 8.15. The Morgan fingerprint density at radius 1 is 1.10 bits per heavy atom. The summed E-state index contributed by atoms with van der Waals surface area (Å²) in [6, 6.07) is 7.45. The van der Waals surface area contributed by atoms with Crippen LogP contribution in [0.25, 0.3) is 0 Å². The van der Waals surface area contributed by atoms with Gasteiger partial charge >= 0.3 is 0 Å². The second-order valence-electron chi connectivity index (χ2n) is 3.93. The maximum absolute atomic E-state index is 8.90. The van der Waals surface area contributed by atoms with Gasteiger partial charge in [-0.15, -0.1) is 0 Å². The third-order valence-corrected chi connectivity index (χ3v) is 3.65. The monoisotopic (exact) mass is 341 g/mol. The molecule has 0 aliphatic carbocycles. The number of anilines is 2. The summed E-state index contributed by atoms with van der Waals surface area (Å²) in [5, 5.41) is 15.3. The summed E-state index contributed by atoms with van der Waals surface area (Å²) >= 11 is 17.9. The fraction of sp³-hybridized carbons (Fsp3) is 0.154. The first-order valence-corrected chi connectivity index (χ1v) is 7.10. The van der Waals surface area contributed by atoms with Crippen molar-refractivity contribution < 1.29 is 0 Å². The van der Waals surface area contributed by atoms with Crippen LogP contribution in [0.2, 0.25) is 15.2 Å². The Balaban J connectivity index is 1.97. The van der Waals surface area contributed by atoms with Gasteiger partial charge in [0.1, 0.15) is 28.3 Å². The van der Waals surface area contributed by atoms with Gasteiger partial charge in [0.05, 0.1) is 5.02 Å². The first kappa shape index (κ1) is 15.6. The van der Waals surface area contributed by atoms with Crippen molar-refractivity contribution in [3.8, 4) is 6.07 Å². The molecule has 2 N–H and O–H groups in total. The second kappa shape index (κ2) is 7.32. The van der Waals surface area contributed by atoms with Crippen LogP contribution in [0.15, 0.2) is 24.4 Å². The summed E-state index contributed by atoms with van der Waals surface area (Å²) in [6.07, 6.45) is 1.70. The fourth-order valence-electron chi connectivity index (χ4n) is 1.56. The summed E-state index contributed by atoms with van der Waals surface area (Å²) in [7, 11) is 0. The van der Waals surface area contributed by atoms with Gasteiger partial charge in [-0.2, -0.15) is 5.26 Å². The van der Waals surface area contributed by atoms with Gasteiger partial charge in [-0.05, 0) is 12.1 Å². The van der Waals surface area contributed by atoms with Crippen molar-refractivity contribution in [3.63, 3.8) is 0 Å². The Labute approximate surface area is 136 Å². The maximum atomic E-state index is 8.90. The molecule has 8 heteroatoms. The minimum absolute atomic E-state index is 0.0204. The second-order valence-corrected chi connectivity index (χ2v) is 5.05. The summed E-state index contributed by atoms with van der Waals surface area (Å²) < 4.78 is 0. The average molecular weight is 343 g/mol. The molecule has 0 saturated carbocycles. The smallest absolute Gasteiger partial charge is 0.150 e. The molecule has 0 aromatic carbocycles. The molecule has 5 nitrogen and oxygen atoms in total. The van der Waals surface area contributed by atoms with Crippen LogP contribution < -0.4 is 10.6 Å². The quantitative estimate of drug-likeness (QED) is 0.638. The van der Waals surface area contributed by atoms with Gasteiger partial charge in [0.15, 0.2) is 5.15 Å². The molecule has 108 valence electrons. The molecular weight excluding hydrogens is 333 g/mol. The molecule has 2 aromatic heterocycles. The Kier molecular flexibility index (Phi) is 5.45. The standard InChI is InChI=1S/C13H10Cl3N5/c14-10-8(7-17)12(16)21-13(11(10)15)20-6-5-19-9-3-1-2-4-18-9/h1-4H,5-6H2,(H,18,19)(H,20,21). The predicted molar refractivity (Wildman–Crippen MR) is 85.2 cm³/mol. The van der Waals surface area contributed by atoms with Crippen LogP contribution in [0.5, 0.6) is 0 Å². The molecule has 2 rings (SSSR count). The Morgan fingerprint density at radius 3 is 2.52 bits per heavy atom. The van der Waals surface area contributed by atoms with Gasteiger partial charge in [-0.3, -0.25) is 0 Å². The van der Waals surface area contributed by atoms with Crippen molar-refractivity contribution in [1.82, 2.24) is 9.97 Å². The molecule has 21 heavy (non-hydrogen) atoms. The zero-order chi connectivity index (χ0) is 15.2. The highest BCUT2D eigenvalue weighted by atomic mass is 35.5. The van der Waals surface area contributed by atoms with E-state index in [0.717, 1.165) is 5.82 Å². The zero-order valence-electron chi connectivity index (χ0n) is 10.7. The molecule has 0 spiro atoms. The van der Waals surface area contributed by atoms with Crippen LogP contribution in [-0.4, -0.2) is 23.1 Å². The molecule has 2 aromatic rings. The van der Waals surface area contributed by atoms with Crippen molar-refractivity contribution >= 4 is 46.4 Å². The summed E-state index contributed by atoms with van der Waals surface area (Å²) in [6.45, 7) is 1.13. The Morgan fingerprint density at radius 2 is 1.86 bits per heavy atom. The van der Waals surface area contributed by atoms with Crippen LogP contribution in [0, 0.1) is 11.3 Å². The first-order valence-electron chi connectivity index (χ1n) is 5.97. The van der Waals surface area contributed by atoms with E-state index in [4.69, 9.17) is 40.1 Å². The van der Waals surface area contributed by atoms with Gasteiger partial charge in [-0.1, -0.05) is 40.9 Å². The molecule has 0 saturated heterocycles. The lowest BCUT2D eigenvalue weighted by Gasteiger charge is -2.11. The minimum Gasteiger partial charge on any atom is -0.368 e. The van der Waals surface area contributed by atoms with E-state index in [1.165, 1.54) is 0 Å². The van der Waals surface area contributed by atoms with Crippen molar-refractivity contribution in [2.45, 2.75) is 0 Å². The van der Waals surface area contributed by atoms with E-state index in [1.54, 1.807) is 6.20 Å².